The Morgan fingerprint density at radius 3 is 2.28 bits per heavy atom. The maximum Gasteiger partial charge on any atom is 0.243 e. The molecule has 0 atom stereocenters. The summed E-state index contributed by atoms with van der Waals surface area (Å²) in [5.41, 5.74) is 8.11. The van der Waals surface area contributed by atoms with Gasteiger partial charge in [-0.1, -0.05) is 6.07 Å². The third-order valence-corrected chi connectivity index (χ3v) is 4.55. The molecule has 0 aliphatic carbocycles. The van der Waals surface area contributed by atoms with Crippen LogP contribution in [0.4, 0.5) is 5.69 Å². The second kappa shape index (κ2) is 6.14. The highest BCUT2D eigenvalue weighted by molar-refractivity contribution is 7.89. The van der Waals surface area contributed by atoms with Crippen LogP contribution in [0.5, 0.6) is 0 Å². The molecule has 3 N–H and O–H groups in total. The van der Waals surface area contributed by atoms with Gasteiger partial charge in [0.25, 0.3) is 0 Å². The van der Waals surface area contributed by atoms with Crippen molar-refractivity contribution >= 4 is 15.7 Å². The van der Waals surface area contributed by atoms with Crippen LogP contribution in [0, 0.1) is 6.92 Å². The molecule has 0 aromatic heterocycles. The summed E-state index contributed by atoms with van der Waals surface area (Å²) in [6, 6.07) is 4.34. The minimum absolute atomic E-state index is 0.0388. The molecule has 0 saturated carbocycles. The maximum absolute atomic E-state index is 12.3. The smallest absolute Gasteiger partial charge is 0.243 e. The van der Waals surface area contributed by atoms with Gasteiger partial charge in [-0.3, -0.25) is 0 Å². The van der Waals surface area contributed by atoms with Crippen molar-refractivity contribution in [3.05, 3.63) is 23.8 Å². The van der Waals surface area contributed by atoms with E-state index in [4.69, 9.17) is 15.9 Å². The second-order valence-corrected chi connectivity index (χ2v) is 5.74. The van der Waals surface area contributed by atoms with Gasteiger partial charge in [0.05, 0.1) is 23.8 Å². The number of rotatable bonds is 6. The molecule has 0 aliphatic heterocycles. The van der Waals surface area contributed by atoms with Gasteiger partial charge in [0.1, 0.15) is 0 Å². The minimum Gasteiger partial charge on any atom is -0.395 e. The molecule has 7 heteroatoms. The normalized spacial score (nSPS) is 12.0. The molecule has 0 fully saturated rings. The summed E-state index contributed by atoms with van der Waals surface area (Å²) in [7, 11) is -3.79. The third kappa shape index (κ3) is 3.20. The second-order valence-electron chi connectivity index (χ2n) is 3.83. The van der Waals surface area contributed by atoms with Crippen LogP contribution in [0.1, 0.15) is 5.56 Å². The zero-order valence-corrected chi connectivity index (χ0v) is 10.9. The van der Waals surface area contributed by atoms with Crippen LogP contribution in [0.2, 0.25) is 0 Å². The Morgan fingerprint density at radius 1 is 1.22 bits per heavy atom. The van der Waals surface area contributed by atoms with Crippen molar-refractivity contribution in [1.29, 1.82) is 0 Å². The van der Waals surface area contributed by atoms with E-state index in [9.17, 15) is 8.42 Å². The molecule has 101 valence electrons. The topological polar surface area (TPSA) is 102 Å². The molecular formula is C11H17N2O4S. The Bertz CT molecular complexity index is 496. The molecule has 1 rings (SSSR count). The van der Waals surface area contributed by atoms with Crippen LogP contribution >= 0.6 is 0 Å². The SMILES string of the molecule is Cc1ccc([NH])cc1S(=O)(=O)N(CCO)CCO. The van der Waals surface area contributed by atoms with Crippen LogP contribution in [0.3, 0.4) is 0 Å². The first-order valence-corrected chi connectivity index (χ1v) is 6.91. The van der Waals surface area contributed by atoms with Crippen molar-refractivity contribution in [1.82, 2.24) is 10.0 Å². The number of hydrogen-bond donors (Lipinski definition) is 2. The first-order chi connectivity index (χ1) is 8.43. The molecule has 0 bridgehead atoms. The fourth-order valence-electron chi connectivity index (χ4n) is 1.59. The summed E-state index contributed by atoms with van der Waals surface area (Å²) >= 11 is 0. The highest BCUT2D eigenvalue weighted by Gasteiger charge is 2.25. The van der Waals surface area contributed by atoms with Crippen molar-refractivity contribution in [2.45, 2.75) is 11.8 Å². The van der Waals surface area contributed by atoms with Crippen molar-refractivity contribution in [3.8, 4) is 0 Å². The molecule has 0 spiro atoms. The Morgan fingerprint density at radius 2 is 1.78 bits per heavy atom. The number of aliphatic hydroxyl groups excluding tert-OH is 2. The van der Waals surface area contributed by atoms with E-state index >= 15 is 0 Å². The lowest BCUT2D eigenvalue weighted by atomic mass is 10.2. The van der Waals surface area contributed by atoms with Gasteiger partial charge >= 0.3 is 0 Å². The number of benzene rings is 1. The molecule has 0 aliphatic rings. The van der Waals surface area contributed by atoms with Crippen molar-refractivity contribution in [2.75, 3.05) is 26.3 Å². The van der Waals surface area contributed by atoms with E-state index in [1.54, 1.807) is 13.0 Å². The fraction of sp³-hybridized carbons (Fsp3) is 0.455. The van der Waals surface area contributed by atoms with Gasteiger partial charge in [-0.05, 0) is 24.6 Å². The highest BCUT2D eigenvalue weighted by Crippen LogP contribution is 2.22. The van der Waals surface area contributed by atoms with E-state index in [1.807, 2.05) is 0 Å². The highest BCUT2D eigenvalue weighted by atomic mass is 32.2. The lowest BCUT2D eigenvalue weighted by Gasteiger charge is -2.21. The average molecular weight is 273 g/mol. The van der Waals surface area contributed by atoms with Crippen LogP contribution in [0.15, 0.2) is 23.1 Å². The summed E-state index contributed by atoms with van der Waals surface area (Å²) in [5, 5.41) is 17.7. The summed E-state index contributed by atoms with van der Waals surface area (Å²) in [5.74, 6) is 0. The van der Waals surface area contributed by atoms with Crippen molar-refractivity contribution in [2.24, 2.45) is 0 Å². The van der Waals surface area contributed by atoms with Gasteiger partial charge in [0.2, 0.25) is 10.0 Å². The predicted octanol–water partition coefficient (Wildman–Crippen LogP) is -0.115. The largest absolute Gasteiger partial charge is 0.395 e. The van der Waals surface area contributed by atoms with E-state index < -0.39 is 10.0 Å². The third-order valence-electron chi connectivity index (χ3n) is 2.50. The Balaban J connectivity index is 3.21. The number of nitrogens with one attached hydrogen (secondary N) is 1. The molecule has 0 heterocycles. The van der Waals surface area contributed by atoms with E-state index in [1.165, 1.54) is 12.1 Å². The molecule has 0 saturated heterocycles. The van der Waals surface area contributed by atoms with Crippen LogP contribution in [0.25, 0.3) is 0 Å². The number of nitrogens with zero attached hydrogens (tertiary/aromatic N) is 1. The molecule has 1 aromatic carbocycles. The zero-order chi connectivity index (χ0) is 13.8. The van der Waals surface area contributed by atoms with E-state index in [0.717, 1.165) is 4.31 Å². The Kier molecular flexibility index (Phi) is 5.09. The summed E-state index contributed by atoms with van der Waals surface area (Å²) in [4.78, 5) is 0.0388. The summed E-state index contributed by atoms with van der Waals surface area (Å²) in [6.45, 7) is 0.842. The summed E-state index contributed by atoms with van der Waals surface area (Å²) < 4.78 is 25.6. The quantitative estimate of drug-likeness (QED) is 0.754. The Hall–Kier alpha value is -1.15. The number of aliphatic hydroxyl groups is 2. The van der Waals surface area contributed by atoms with E-state index in [2.05, 4.69) is 0 Å². The standard InChI is InChI=1S/C11H17N2O4S/c1-9-2-3-10(12)8-11(9)18(16,17)13(4-6-14)5-7-15/h2-3,8,12,14-15H,4-7H2,1H3. The zero-order valence-electron chi connectivity index (χ0n) is 10.1. The van der Waals surface area contributed by atoms with Gasteiger partial charge in [-0.25, -0.2) is 8.42 Å². The van der Waals surface area contributed by atoms with Crippen LogP contribution < -0.4 is 5.73 Å². The number of sulfonamides is 1. The van der Waals surface area contributed by atoms with Crippen molar-refractivity contribution in [3.63, 3.8) is 0 Å². The first-order valence-electron chi connectivity index (χ1n) is 5.47. The lowest BCUT2D eigenvalue weighted by molar-refractivity contribution is 0.217. The predicted molar refractivity (Wildman–Crippen MR) is 66.9 cm³/mol. The van der Waals surface area contributed by atoms with E-state index in [0.29, 0.717) is 5.56 Å². The molecule has 1 aromatic rings. The molecule has 18 heavy (non-hydrogen) atoms. The van der Waals surface area contributed by atoms with Crippen LogP contribution in [-0.4, -0.2) is 49.2 Å². The maximum atomic E-state index is 12.3. The molecule has 0 unspecified atom stereocenters. The monoisotopic (exact) mass is 273 g/mol. The van der Waals surface area contributed by atoms with Crippen LogP contribution in [-0.2, 0) is 10.0 Å². The fourth-order valence-corrected chi connectivity index (χ4v) is 3.27. The number of aryl methyl sites for hydroxylation is 1. The van der Waals surface area contributed by atoms with Gasteiger partial charge in [0, 0.05) is 13.1 Å². The van der Waals surface area contributed by atoms with Gasteiger partial charge in [0.15, 0.2) is 0 Å². The lowest BCUT2D eigenvalue weighted by Crippen LogP contribution is -2.36. The van der Waals surface area contributed by atoms with Gasteiger partial charge in [-0.15, -0.1) is 0 Å². The van der Waals surface area contributed by atoms with Crippen molar-refractivity contribution < 1.29 is 18.6 Å². The number of hydrogen-bond acceptors (Lipinski definition) is 4. The summed E-state index contributed by atoms with van der Waals surface area (Å²) in [6.07, 6.45) is 0. The molecular weight excluding hydrogens is 256 g/mol. The van der Waals surface area contributed by atoms with Gasteiger partial charge in [-0.2, -0.15) is 4.31 Å². The minimum atomic E-state index is -3.79. The average Bonchev–Trinajstić information content (AvgIpc) is 2.32. The van der Waals surface area contributed by atoms with E-state index in [-0.39, 0.29) is 36.9 Å². The first kappa shape index (κ1) is 14.9. The molecule has 0 amide bonds. The Labute approximate surface area is 107 Å². The molecule has 6 nitrogen and oxygen atoms in total. The molecule has 1 radical (unpaired) electrons. The van der Waals surface area contributed by atoms with Gasteiger partial charge < -0.3 is 15.9 Å².